The number of amides is 3. The number of carboxylic acids is 1. The number of H-pyrrole nitrogens is 1. The van der Waals surface area contributed by atoms with Crippen molar-refractivity contribution in [3.05, 3.63) is 48.0 Å². The number of aromatic amines is 1. The van der Waals surface area contributed by atoms with E-state index in [0.29, 0.717) is 11.3 Å². The zero-order valence-electron chi connectivity index (χ0n) is 20.0. The maximum Gasteiger partial charge on any atom is 0.326 e. The molecule has 4 atom stereocenters. The molecule has 1 aromatic carbocycles. The molecular formula is C23H32N6O6S. The van der Waals surface area contributed by atoms with Gasteiger partial charge in [-0.2, -0.15) is 12.6 Å². The summed E-state index contributed by atoms with van der Waals surface area (Å²) in [7, 11) is 0. The van der Waals surface area contributed by atoms with Gasteiger partial charge in [0.25, 0.3) is 0 Å². The Morgan fingerprint density at radius 2 is 1.64 bits per heavy atom. The number of carbonyl (C=O) groups is 4. The van der Waals surface area contributed by atoms with Gasteiger partial charge in [0.15, 0.2) is 0 Å². The van der Waals surface area contributed by atoms with Crippen LogP contribution < -0.4 is 21.7 Å². The van der Waals surface area contributed by atoms with E-state index in [9.17, 15) is 29.4 Å². The van der Waals surface area contributed by atoms with Crippen LogP contribution in [0.2, 0.25) is 0 Å². The van der Waals surface area contributed by atoms with Gasteiger partial charge in [0.1, 0.15) is 23.9 Å². The van der Waals surface area contributed by atoms with Crippen LogP contribution in [-0.4, -0.2) is 73.8 Å². The summed E-state index contributed by atoms with van der Waals surface area (Å²) in [6, 6.07) is 1.56. The molecule has 0 aliphatic carbocycles. The van der Waals surface area contributed by atoms with Crippen LogP contribution in [0.3, 0.4) is 0 Å². The van der Waals surface area contributed by atoms with E-state index in [4.69, 9.17) is 5.73 Å². The summed E-state index contributed by atoms with van der Waals surface area (Å²) in [6.07, 6.45) is 3.17. The van der Waals surface area contributed by atoms with E-state index >= 15 is 0 Å². The highest BCUT2D eigenvalue weighted by molar-refractivity contribution is 7.80. The highest BCUT2D eigenvalue weighted by atomic mass is 32.1. The second-order valence-corrected chi connectivity index (χ2v) is 9.00. The van der Waals surface area contributed by atoms with E-state index < -0.39 is 47.9 Å². The third kappa shape index (κ3) is 8.57. The molecule has 12 nitrogen and oxygen atoms in total. The summed E-state index contributed by atoms with van der Waals surface area (Å²) in [4.78, 5) is 56.7. The monoisotopic (exact) mass is 520 g/mol. The van der Waals surface area contributed by atoms with E-state index in [0.717, 1.165) is 0 Å². The summed E-state index contributed by atoms with van der Waals surface area (Å²) in [5, 5.41) is 26.5. The van der Waals surface area contributed by atoms with Gasteiger partial charge in [0, 0.05) is 30.5 Å². The summed E-state index contributed by atoms with van der Waals surface area (Å²) in [5.74, 6) is -3.61. The minimum atomic E-state index is -1.28. The number of phenolic OH excluding ortho intramolecular Hbond substituents is 1. The lowest BCUT2D eigenvalue weighted by Crippen LogP contribution is -2.59. The minimum Gasteiger partial charge on any atom is -0.508 e. The molecule has 2 rings (SSSR count). The SMILES string of the molecule is CC(C)C(NC(=O)C(N)Cc1cnc[nH]1)C(=O)NC(CS)C(=O)NC(Cc1ccc(O)cc1)C(=O)O. The smallest absolute Gasteiger partial charge is 0.326 e. The first-order chi connectivity index (χ1) is 17.0. The topological polar surface area (TPSA) is 200 Å². The molecule has 1 aromatic heterocycles. The fraction of sp³-hybridized carbons (Fsp3) is 0.435. The number of hydrogen-bond acceptors (Lipinski definition) is 8. The molecule has 3 amide bonds. The number of nitrogens with one attached hydrogen (secondary N) is 4. The Bertz CT molecular complexity index is 1030. The van der Waals surface area contributed by atoms with Gasteiger partial charge in [-0.15, -0.1) is 0 Å². The first-order valence-corrected chi connectivity index (χ1v) is 11.9. The normalized spacial score (nSPS) is 14.4. The van der Waals surface area contributed by atoms with Crippen molar-refractivity contribution in [1.29, 1.82) is 0 Å². The lowest BCUT2D eigenvalue weighted by atomic mass is 10.0. The van der Waals surface area contributed by atoms with E-state index in [1.165, 1.54) is 18.5 Å². The molecule has 196 valence electrons. The predicted molar refractivity (Wildman–Crippen MR) is 134 cm³/mol. The maximum atomic E-state index is 12.9. The number of rotatable bonds is 13. The number of hydrogen-bond donors (Lipinski definition) is 8. The third-order valence-electron chi connectivity index (χ3n) is 5.38. The Labute approximate surface area is 213 Å². The molecule has 36 heavy (non-hydrogen) atoms. The molecule has 4 unspecified atom stereocenters. The van der Waals surface area contributed by atoms with Gasteiger partial charge in [-0.05, 0) is 23.6 Å². The molecule has 0 saturated carbocycles. The molecule has 0 aliphatic heterocycles. The Balaban J connectivity index is 2.01. The summed E-state index contributed by atoms with van der Waals surface area (Å²) >= 11 is 4.12. The molecule has 0 fully saturated rings. The third-order valence-corrected chi connectivity index (χ3v) is 5.75. The van der Waals surface area contributed by atoms with Gasteiger partial charge in [-0.25, -0.2) is 9.78 Å². The van der Waals surface area contributed by atoms with Crippen molar-refractivity contribution in [3.63, 3.8) is 0 Å². The van der Waals surface area contributed by atoms with Gasteiger partial charge in [-0.1, -0.05) is 26.0 Å². The van der Waals surface area contributed by atoms with Crippen LogP contribution in [0.1, 0.15) is 25.1 Å². The number of aromatic nitrogens is 2. The second kappa shape index (κ2) is 13.5. The minimum absolute atomic E-state index is 0.0292. The van der Waals surface area contributed by atoms with Crippen LogP contribution in [0.25, 0.3) is 0 Å². The zero-order valence-corrected chi connectivity index (χ0v) is 20.9. The van der Waals surface area contributed by atoms with Crippen molar-refractivity contribution in [2.75, 3.05) is 5.75 Å². The standard InChI is InChI=1S/C23H32N6O6S/c1-12(2)19(29-20(31)16(24)8-14-9-25-11-26-14)22(33)28-18(10-36)21(32)27-17(23(34)35)7-13-3-5-15(30)6-4-13/h3-6,9,11-12,16-19,30,36H,7-8,10,24H2,1-2H3,(H,25,26)(H,27,32)(H,28,33)(H,29,31)(H,34,35). The summed E-state index contributed by atoms with van der Waals surface area (Å²) in [6.45, 7) is 3.44. The quantitative estimate of drug-likeness (QED) is 0.159. The zero-order chi connectivity index (χ0) is 26.8. The molecule has 1 heterocycles. The lowest BCUT2D eigenvalue weighted by molar-refractivity contribution is -0.142. The van der Waals surface area contributed by atoms with Crippen LogP contribution in [0.5, 0.6) is 5.75 Å². The number of nitrogens with two attached hydrogens (primary N) is 1. The lowest BCUT2D eigenvalue weighted by Gasteiger charge is -2.26. The van der Waals surface area contributed by atoms with Gasteiger partial charge >= 0.3 is 5.97 Å². The predicted octanol–water partition coefficient (Wildman–Crippen LogP) is -0.647. The van der Waals surface area contributed by atoms with E-state index in [1.807, 2.05) is 0 Å². The van der Waals surface area contributed by atoms with Crippen molar-refractivity contribution in [2.24, 2.45) is 11.7 Å². The molecule has 2 aromatic rings. The Hall–Kier alpha value is -3.58. The van der Waals surface area contributed by atoms with Gasteiger partial charge in [0.2, 0.25) is 17.7 Å². The van der Waals surface area contributed by atoms with Crippen LogP contribution in [0, 0.1) is 5.92 Å². The van der Waals surface area contributed by atoms with Crippen LogP contribution in [-0.2, 0) is 32.0 Å². The number of aliphatic carboxylic acids is 1. The first-order valence-electron chi connectivity index (χ1n) is 11.3. The highest BCUT2D eigenvalue weighted by Gasteiger charge is 2.31. The fourth-order valence-corrected chi connectivity index (χ4v) is 3.57. The molecule has 0 spiro atoms. The number of carboxylic acid groups (broad SMARTS) is 1. The van der Waals surface area contributed by atoms with Crippen LogP contribution in [0.15, 0.2) is 36.8 Å². The molecule has 0 radical (unpaired) electrons. The average Bonchev–Trinajstić information content (AvgIpc) is 3.34. The number of carbonyl (C=O) groups excluding carboxylic acids is 3. The molecule has 8 N–H and O–H groups in total. The Morgan fingerprint density at radius 1 is 1.00 bits per heavy atom. The number of benzene rings is 1. The number of imidazole rings is 1. The Morgan fingerprint density at radius 3 is 2.17 bits per heavy atom. The fourth-order valence-electron chi connectivity index (χ4n) is 3.32. The van der Waals surface area contributed by atoms with E-state index in [1.54, 1.807) is 32.2 Å². The second-order valence-electron chi connectivity index (χ2n) is 8.63. The highest BCUT2D eigenvalue weighted by Crippen LogP contribution is 2.12. The maximum absolute atomic E-state index is 12.9. The number of aromatic hydroxyl groups is 1. The molecule has 0 saturated heterocycles. The molecule has 13 heteroatoms. The van der Waals surface area contributed by atoms with E-state index in [2.05, 4.69) is 38.5 Å². The summed E-state index contributed by atoms with van der Waals surface area (Å²) < 4.78 is 0. The number of phenols is 1. The number of thiol groups is 1. The van der Waals surface area contributed by atoms with Crippen LogP contribution >= 0.6 is 12.6 Å². The Kier molecular flexibility index (Phi) is 10.7. The average molecular weight is 521 g/mol. The molecule has 0 aliphatic rings. The van der Waals surface area contributed by atoms with E-state index in [-0.39, 0.29) is 30.3 Å². The van der Waals surface area contributed by atoms with Gasteiger partial charge < -0.3 is 36.9 Å². The van der Waals surface area contributed by atoms with Crippen molar-refractivity contribution < 1.29 is 29.4 Å². The van der Waals surface area contributed by atoms with Crippen molar-refractivity contribution in [3.8, 4) is 5.75 Å². The molecular weight excluding hydrogens is 488 g/mol. The first kappa shape index (κ1) is 28.7. The van der Waals surface area contributed by atoms with Crippen molar-refractivity contribution in [2.45, 2.75) is 50.9 Å². The van der Waals surface area contributed by atoms with Crippen molar-refractivity contribution in [1.82, 2.24) is 25.9 Å². The molecule has 0 bridgehead atoms. The number of nitrogens with zero attached hydrogens (tertiary/aromatic N) is 1. The van der Waals surface area contributed by atoms with Crippen LogP contribution in [0.4, 0.5) is 0 Å². The summed E-state index contributed by atoms with van der Waals surface area (Å²) in [5.41, 5.74) is 7.20. The van der Waals surface area contributed by atoms with Crippen molar-refractivity contribution >= 4 is 36.3 Å². The van der Waals surface area contributed by atoms with Gasteiger partial charge in [-0.3, -0.25) is 14.4 Å². The largest absolute Gasteiger partial charge is 0.508 e. The van der Waals surface area contributed by atoms with Gasteiger partial charge in [0.05, 0.1) is 12.4 Å².